The zero-order valence-corrected chi connectivity index (χ0v) is 23.2. The summed E-state index contributed by atoms with van der Waals surface area (Å²) in [6.07, 6.45) is 3.09. The zero-order chi connectivity index (χ0) is 30.7. The van der Waals surface area contributed by atoms with Gasteiger partial charge in [-0.1, -0.05) is 38.1 Å². The van der Waals surface area contributed by atoms with Crippen molar-refractivity contribution in [3.63, 3.8) is 0 Å². The highest BCUT2D eigenvalue weighted by Gasteiger charge is 2.59. The molecule has 1 aliphatic heterocycles. The molecular formula is C28H38N4O9. The van der Waals surface area contributed by atoms with Crippen LogP contribution in [0.3, 0.4) is 0 Å². The molecule has 13 heteroatoms. The number of urea groups is 1. The van der Waals surface area contributed by atoms with Crippen molar-refractivity contribution in [2.45, 2.75) is 70.9 Å². The second-order valence-electron chi connectivity index (χ2n) is 9.83. The molecule has 224 valence electrons. The predicted molar refractivity (Wildman–Crippen MR) is 148 cm³/mol. The number of rotatable bonds is 17. The van der Waals surface area contributed by atoms with Gasteiger partial charge in [-0.25, -0.2) is 24.2 Å². The third-order valence-electron chi connectivity index (χ3n) is 7.29. The number of anilines is 1. The van der Waals surface area contributed by atoms with Crippen LogP contribution < -0.4 is 11.1 Å². The minimum atomic E-state index is -1.88. The number of nitrogen functional groups attached to an aromatic ring is 1. The van der Waals surface area contributed by atoms with Crippen molar-refractivity contribution in [1.82, 2.24) is 15.1 Å². The van der Waals surface area contributed by atoms with Gasteiger partial charge in [0.05, 0.1) is 0 Å². The van der Waals surface area contributed by atoms with Gasteiger partial charge in [0.2, 0.25) is 11.8 Å². The number of nitrogens with zero attached hydrogens (tertiary/aromatic N) is 2. The molecule has 2 rings (SSSR count). The molecule has 1 fully saturated rings. The lowest BCUT2D eigenvalue weighted by molar-refractivity contribution is -0.170. The molecule has 0 saturated carbocycles. The second-order valence-corrected chi connectivity index (χ2v) is 9.83. The molecule has 0 aliphatic carbocycles. The summed E-state index contributed by atoms with van der Waals surface area (Å²) in [5.74, 6) is -6.50. The number of unbranched alkanes of at least 4 members (excludes halogenated alkanes) is 1. The standard InChI is InChI=1S/C28H38N4O9/c1-3-28(4-2)25(39)31(27(41)32(26(28)40)21(24(37)38)14-15-22(33)34)20(23(35)36)9-5-6-16-30-17-7-8-18-10-12-19(29)13-11-18/h7-8,10-13,20-21,30H,3-6,9,14-17,29H2,1-2H3,(H,33,34)(H,35,36)(H,37,38)/b8-7+/t20-,21-/m0/s1. The van der Waals surface area contributed by atoms with Crippen molar-refractivity contribution in [2.24, 2.45) is 5.41 Å². The van der Waals surface area contributed by atoms with Gasteiger partial charge in [0, 0.05) is 18.7 Å². The molecule has 1 saturated heterocycles. The van der Waals surface area contributed by atoms with E-state index in [2.05, 4.69) is 5.32 Å². The van der Waals surface area contributed by atoms with Crippen LogP contribution in [-0.2, 0) is 24.0 Å². The summed E-state index contributed by atoms with van der Waals surface area (Å²) >= 11 is 0. The van der Waals surface area contributed by atoms with E-state index < -0.39 is 66.1 Å². The molecule has 1 aromatic rings. The lowest BCUT2D eigenvalue weighted by atomic mass is 9.77. The van der Waals surface area contributed by atoms with Gasteiger partial charge in [0.25, 0.3) is 0 Å². The SMILES string of the molecule is CCC1(CC)C(=O)N([C@@H](CCCCNC/C=C/c2ccc(N)cc2)C(=O)O)C(=O)N([C@@H](CCC(=O)O)C(=O)O)C1=O. The molecule has 0 bridgehead atoms. The fourth-order valence-corrected chi connectivity index (χ4v) is 4.81. The quantitative estimate of drug-likeness (QED) is 0.104. The number of carbonyl (C=O) groups excluding carboxylic acids is 3. The van der Waals surface area contributed by atoms with E-state index in [1.165, 1.54) is 13.8 Å². The molecule has 0 unspecified atom stereocenters. The number of carbonyl (C=O) groups is 6. The third-order valence-corrected chi connectivity index (χ3v) is 7.29. The van der Waals surface area contributed by atoms with Crippen molar-refractivity contribution in [3.8, 4) is 0 Å². The molecule has 4 amide bonds. The largest absolute Gasteiger partial charge is 0.481 e. The van der Waals surface area contributed by atoms with Crippen LogP contribution in [-0.4, -0.2) is 86.0 Å². The monoisotopic (exact) mass is 574 g/mol. The van der Waals surface area contributed by atoms with Crippen molar-refractivity contribution >= 4 is 47.5 Å². The van der Waals surface area contributed by atoms with Crippen LogP contribution in [0.2, 0.25) is 0 Å². The van der Waals surface area contributed by atoms with E-state index in [4.69, 9.17) is 10.8 Å². The van der Waals surface area contributed by atoms with Gasteiger partial charge in [-0.15, -0.1) is 0 Å². The van der Waals surface area contributed by atoms with Crippen LogP contribution in [0.4, 0.5) is 10.5 Å². The zero-order valence-electron chi connectivity index (χ0n) is 23.2. The summed E-state index contributed by atoms with van der Waals surface area (Å²) in [4.78, 5) is 76.7. The topological polar surface area (TPSA) is 208 Å². The Hall–Kier alpha value is -4.26. The Balaban J connectivity index is 2.15. The van der Waals surface area contributed by atoms with Crippen molar-refractivity contribution < 1.29 is 44.1 Å². The van der Waals surface area contributed by atoms with Crippen LogP contribution in [0.15, 0.2) is 30.3 Å². The Morgan fingerprint density at radius 3 is 1.93 bits per heavy atom. The Bertz CT molecular complexity index is 1160. The van der Waals surface area contributed by atoms with Crippen LogP contribution in [0.25, 0.3) is 6.08 Å². The number of imide groups is 2. The molecule has 13 nitrogen and oxygen atoms in total. The van der Waals surface area contributed by atoms with E-state index in [1.54, 1.807) is 12.1 Å². The Morgan fingerprint density at radius 2 is 1.44 bits per heavy atom. The van der Waals surface area contributed by atoms with Gasteiger partial charge in [0.1, 0.15) is 17.5 Å². The van der Waals surface area contributed by atoms with Crippen molar-refractivity contribution in [2.75, 3.05) is 18.8 Å². The number of hydrogen-bond donors (Lipinski definition) is 5. The van der Waals surface area contributed by atoms with Crippen LogP contribution in [0, 0.1) is 5.41 Å². The van der Waals surface area contributed by atoms with Gasteiger partial charge in [-0.2, -0.15) is 0 Å². The van der Waals surface area contributed by atoms with Gasteiger partial charge in [-0.3, -0.25) is 14.4 Å². The smallest absolute Gasteiger partial charge is 0.335 e. The van der Waals surface area contributed by atoms with Gasteiger partial charge in [0.15, 0.2) is 0 Å². The summed E-state index contributed by atoms with van der Waals surface area (Å²) in [7, 11) is 0. The van der Waals surface area contributed by atoms with E-state index in [9.17, 15) is 39.0 Å². The average molecular weight is 575 g/mol. The van der Waals surface area contributed by atoms with Gasteiger partial charge in [-0.05, 0) is 62.8 Å². The molecule has 6 N–H and O–H groups in total. The number of aliphatic carboxylic acids is 3. The molecule has 0 radical (unpaired) electrons. The lowest BCUT2D eigenvalue weighted by Crippen LogP contribution is -2.70. The maximum absolute atomic E-state index is 13.5. The molecule has 0 aromatic heterocycles. The average Bonchev–Trinajstić information content (AvgIpc) is 2.92. The minimum Gasteiger partial charge on any atom is -0.481 e. The molecule has 1 aliphatic rings. The van der Waals surface area contributed by atoms with E-state index >= 15 is 0 Å². The molecular weight excluding hydrogens is 536 g/mol. The number of benzene rings is 1. The number of amides is 4. The Kier molecular flexibility index (Phi) is 12.0. The van der Waals surface area contributed by atoms with E-state index in [0.717, 1.165) is 5.56 Å². The lowest BCUT2D eigenvalue weighted by Gasteiger charge is -2.46. The van der Waals surface area contributed by atoms with Crippen LogP contribution in [0.1, 0.15) is 64.4 Å². The summed E-state index contributed by atoms with van der Waals surface area (Å²) in [6.45, 7) is 4.10. The number of nitrogens with one attached hydrogen (secondary N) is 1. The highest BCUT2D eigenvalue weighted by atomic mass is 16.4. The summed E-state index contributed by atoms with van der Waals surface area (Å²) < 4.78 is 0. The minimum absolute atomic E-state index is 0.104. The number of carboxylic acid groups (broad SMARTS) is 3. The molecule has 1 aromatic carbocycles. The molecule has 1 heterocycles. The maximum atomic E-state index is 13.5. The van der Waals surface area contributed by atoms with Crippen LogP contribution >= 0.6 is 0 Å². The predicted octanol–water partition coefficient (Wildman–Crippen LogP) is 2.41. The first-order chi connectivity index (χ1) is 19.4. The van der Waals surface area contributed by atoms with E-state index in [1.807, 2.05) is 24.3 Å². The van der Waals surface area contributed by atoms with Crippen molar-refractivity contribution in [3.05, 3.63) is 35.9 Å². The molecule has 0 spiro atoms. The fraction of sp³-hybridized carbons (Fsp3) is 0.500. The first kappa shape index (κ1) is 32.9. The first-order valence-corrected chi connectivity index (χ1v) is 13.5. The fourth-order valence-electron chi connectivity index (χ4n) is 4.81. The van der Waals surface area contributed by atoms with Gasteiger partial charge < -0.3 is 26.4 Å². The normalized spacial score (nSPS) is 16.7. The summed E-state index contributed by atoms with van der Waals surface area (Å²) in [5, 5.41) is 32.0. The van der Waals surface area contributed by atoms with Gasteiger partial charge >= 0.3 is 23.9 Å². The number of carboxylic acids is 3. The van der Waals surface area contributed by atoms with Crippen molar-refractivity contribution in [1.29, 1.82) is 0 Å². The highest BCUT2D eigenvalue weighted by molar-refractivity contribution is 6.21. The molecule has 2 atom stereocenters. The second kappa shape index (κ2) is 14.9. The number of barbiturate groups is 1. The first-order valence-electron chi connectivity index (χ1n) is 13.5. The summed E-state index contributed by atoms with van der Waals surface area (Å²) in [5.41, 5.74) is 5.47. The Morgan fingerprint density at radius 1 is 0.902 bits per heavy atom. The number of nitrogens with two attached hydrogens (primary N) is 1. The third kappa shape index (κ3) is 7.91. The van der Waals surface area contributed by atoms with E-state index in [-0.39, 0.29) is 19.3 Å². The van der Waals surface area contributed by atoms with Crippen LogP contribution in [0.5, 0.6) is 0 Å². The number of hydrogen-bond acceptors (Lipinski definition) is 8. The maximum Gasteiger partial charge on any atom is 0.335 e. The molecule has 41 heavy (non-hydrogen) atoms. The summed E-state index contributed by atoms with van der Waals surface area (Å²) in [6, 6.07) is 2.47. The highest BCUT2D eigenvalue weighted by Crippen LogP contribution is 2.39. The van der Waals surface area contributed by atoms with E-state index in [0.29, 0.717) is 41.4 Å². The Labute approximate surface area is 238 Å².